The van der Waals surface area contributed by atoms with E-state index < -0.39 is 5.97 Å². The van der Waals surface area contributed by atoms with Crippen molar-refractivity contribution < 1.29 is 9.90 Å². The highest BCUT2D eigenvalue weighted by molar-refractivity contribution is 5.73. The van der Waals surface area contributed by atoms with Crippen molar-refractivity contribution >= 4 is 5.97 Å². The number of carboxylic acids is 1. The van der Waals surface area contributed by atoms with Crippen LogP contribution in [0, 0.1) is 5.41 Å². The number of piperazine rings is 1. The fourth-order valence-electron chi connectivity index (χ4n) is 2.38. The quantitative estimate of drug-likeness (QED) is 0.816. The van der Waals surface area contributed by atoms with Gasteiger partial charge in [-0.1, -0.05) is 27.7 Å². The van der Waals surface area contributed by atoms with Crippen molar-refractivity contribution in [2.75, 3.05) is 32.7 Å². The fourth-order valence-corrected chi connectivity index (χ4v) is 2.38. The van der Waals surface area contributed by atoms with Gasteiger partial charge in [0, 0.05) is 26.2 Å². The van der Waals surface area contributed by atoms with E-state index in [4.69, 9.17) is 5.11 Å². The zero-order valence-corrected chi connectivity index (χ0v) is 12.3. The number of hydrogen-bond donors (Lipinski definition) is 1. The van der Waals surface area contributed by atoms with Crippen molar-refractivity contribution in [2.45, 2.75) is 46.6 Å². The summed E-state index contributed by atoms with van der Waals surface area (Å²) in [5, 5.41) is 9.15. The molecule has 0 amide bonds. The van der Waals surface area contributed by atoms with Gasteiger partial charge >= 0.3 is 5.97 Å². The molecule has 0 aromatic carbocycles. The van der Waals surface area contributed by atoms with Crippen molar-refractivity contribution in [2.24, 2.45) is 5.41 Å². The summed E-state index contributed by atoms with van der Waals surface area (Å²) in [6.45, 7) is 13.6. The van der Waals surface area contributed by atoms with E-state index in [1.807, 2.05) is 6.92 Å². The van der Waals surface area contributed by atoms with Gasteiger partial charge in [-0.15, -0.1) is 0 Å². The van der Waals surface area contributed by atoms with Gasteiger partial charge in [-0.3, -0.25) is 9.69 Å². The minimum Gasteiger partial charge on any atom is -0.480 e. The molecule has 0 aromatic rings. The molecule has 1 unspecified atom stereocenters. The topological polar surface area (TPSA) is 43.8 Å². The van der Waals surface area contributed by atoms with Gasteiger partial charge in [0.25, 0.3) is 0 Å². The molecule has 1 atom stereocenters. The molecule has 4 heteroatoms. The number of hydrogen-bond acceptors (Lipinski definition) is 3. The molecule has 0 bridgehead atoms. The lowest BCUT2D eigenvalue weighted by Crippen LogP contribution is -2.52. The summed E-state index contributed by atoms with van der Waals surface area (Å²) in [7, 11) is 0. The first-order valence-corrected chi connectivity index (χ1v) is 7.02. The number of carboxylic acid groups (broad SMARTS) is 1. The third kappa shape index (κ3) is 4.94. The van der Waals surface area contributed by atoms with Gasteiger partial charge in [-0.05, 0) is 24.8 Å². The Hall–Kier alpha value is -0.610. The lowest BCUT2D eigenvalue weighted by atomic mass is 9.92. The summed E-state index contributed by atoms with van der Waals surface area (Å²) in [6, 6.07) is -0.297. The van der Waals surface area contributed by atoms with Gasteiger partial charge in [-0.25, -0.2) is 0 Å². The SMILES string of the molecule is CCC(C(=O)O)N1CCN(CCC(C)(C)C)CC1. The number of rotatable bonds is 5. The Balaban J connectivity index is 2.34. The minimum absolute atomic E-state index is 0.297. The van der Waals surface area contributed by atoms with Gasteiger partial charge < -0.3 is 10.0 Å². The Bertz CT molecular complexity index is 265. The molecule has 0 spiro atoms. The second-order valence-corrected chi connectivity index (χ2v) is 6.45. The third-order valence-electron chi connectivity index (χ3n) is 3.70. The molecule has 1 heterocycles. The number of nitrogens with zero attached hydrogens (tertiary/aromatic N) is 2. The average molecular weight is 256 g/mol. The summed E-state index contributed by atoms with van der Waals surface area (Å²) in [4.78, 5) is 15.7. The van der Waals surface area contributed by atoms with Crippen LogP contribution in [0.1, 0.15) is 40.5 Å². The molecule has 4 nitrogen and oxygen atoms in total. The largest absolute Gasteiger partial charge is 0.480 e. The molecule has 0 aliphatic carbocycles. The molecule has 0 saturated carbocycles. The average Bonchev–Trinajstić information content (AvgIpc) is 2.27. The van der Waals surface area contributed by atoms with Crippen molar-refractivity contribution in [3.8, 4) is 0 Å². The summed E-state index contributed by atoms with van der Waals surface area (Å²) >= 11 is 0. The van der Waals surface area contributed by atoms with Crippen LogP contribution in [0.15, 0.2) is 0 Å². The van der Waals surface area contributed by atoms with Crippen molar-refractivity contribution in [3.63, 3.8) is 0 Å². The molecular formula is C14H28N2O2. The van der Waals surface area contributed by atoms with Gasteiger partial charge in [0.1, 0.15) is 6.04 Å². The van der Waals surface area contributed by atoms with Crippen molar-refractivity contribution in [1.29, 1.82) is 0 Å². The predicted octanol–water partition coefficient (Wildman–Crippen LogP) is 1.90. The predicted molar refractivity (Wildman–Crippen MR) is 73.8 cm³/mol. The van der Waals surface area contributed by atoms with E-state index in [9.17, 15) is 4.79 Å². The molecule has 1 fully saturated rings. The van der Waals surface area contributed by atoms with E-state index >= 15 is 0 Å². The second-order valence-electron chi connectivity index (χ2n) is 6.45. The molecule has 1 N–H and O–H groups in total. The maximum absolute atomic E-state index is 11.1. The first-order chi connectivity index (χ1) is 8.33. The highest BCUT2D eigenvalue weighted by Crippen LogP contribution is 2.19. The third-order valence-corrected chi connectivity index (χ3v) is 3.70. The molecule has 1 rings (SSSR count). The molecule has 0 aromatic heterocycles. The van der Waals surface area contributed by atoms with E-state index in [1.54, 1.807) is 0 Å². The Morgan fingerprint density at radius 3 is 2.17 bits per heavy atom. The van der Waals surface area contributed by atoms with E-state index in [0.717, 1.165) is 32.7 Å². The molecule has 18 heavy (non-hydrogen) atoms. The van der Waals surface area contributed by atoms with Crippen molar-refractivity contribution in [1.82, 2.24) is 9.80 Å². The van der Waals surface area contributed by atoms with Crippen LogP contribution in [0.5, 0.6) is 0 Å². The lowest BCUT2D eigenvalue weighted by Gasteiger charge is -2.38. The standard InChI is InChI=1S/C14H28N2O2/c1-5-12(13(17)18)16-10-8-15(9-11-16)7-6-14(2,3)4/h12H,5-11H2,1-4H3,(H,17,18). The molecule has 1 saturated heterocycles. The second kappa shape index (κ2) is 6.53. The Morgan fingerprint density at radius 1 is 1.22 bits per heavy atom. The lowest BCUT2D eigenvalue weighted by molar-refractivity contribution is -0.144. The summed E-state index contributed by atoms with van der Waals surface area (Å²) in [6.07, 6.45) is 1.89. The van der Waals surface area contributed by atoms with Crippen LogP contribution in [0.2, 0.25) is 0 Å². The normalized spacial score (nSPS) is 20.9. The zero-order chi connectivity index (χ0) is 13.8. The van der Waals surface area contributed by atoms with E-state index in [0.29, 0.717) is 11.8 Å². The molecule has 106 valence electrons. The zero-order valence-electron chi connectivity index (χ0n) is 12.3. The van der Waals surface area contributed by atoms with Crippen LogP contribution < -0.4 is 0 Å². The molecule has 1 aliphatic heterocycles. The monoisotopic (exact) mass is 256 g/mol. The smallest absolute Gasteiger partial charge is 0.320 e. The van der Waals surface area contributed by atoms with Gasteiger partial charge in [0.15, 0.2) is 0 Å². The van der Waals surface area contributed by atoms with Crippen LogP contribution in [0.25, 0.3) is 0 Å². The molecule has 1 aliphatic rings. The first-order valence-electron chi connectivity index (χ1n) is 7.02. The van der Waals surface area contributed by atoms with Crippen molar-refractivity contribution in [3.05, 3.63) is 0 Å². The maximum Gasteiger partial charge on any atom is 0.320 e. The van der Waals surface area contributed by atoms with Crippen LogP contribution >= 0.6 is 0 Å². The Labute approximate surface area is 111 Å². The minimum atomic E-state index is -0.680. The van der Waals surface area contributed by atoms with E-state index in [-0.39, 0.29) is 6.04 Å². The summed E-state index contributed by atoms with van der Waals surface area (Å²) in [5.41, 5.74) is 0.379. The summed E-state index contributed by atoms with van der Waals surface area (Å²) < 4.78 is 0. The molecule has 0 radical (unpaired) electrons. The van der Waals surface area contributed by atoms with Crippen LogP contribution in [0.4, 0.5) is 0 Å². The van der Waals surface area contributed by atoms with E-state index in [1.165, 1.54) is 6.42 Å². The maximum atomic E-state index is 11.1. The highest BCUT2D eigenvalue weighted by atomic mass is 16.4. The Morgan fingerprint density at radius 2 is 1.78 bits per heavy atom. The fraction of sp³-hybridized carbons (Fsp3) is 0.929. The van der Waals surface area contributed by atoms with Crippen LogP contribution in [-0.2, 0) is 4.79 Å². The van der Waals surface area contributed by atoms with Gasteiger partial charge in [0.2, 0.25) is 0 Å². The summed E-state index contributed by atoms with van der Waals surface area (Å²) in [5.74, 6) is -0.680. The van der Waals surface area contributed by atoms with Gasteiger partial charge in [0.05, 0.1) is 0 Å². The number of aliphatic carboxylic acids is 1. The number of carbonyl (C=O) groups is 1. The van der Waals surface area contributed by atoms with Gasteiger partial charge in [-0.2, -0.15) is 0 Å². The van der Waals surface area contributed by atoms with Crippen LogP contribution in [0.3, 0.4) is 0 Å². The first kappa shape index (κ1) is 15.4. The van der Waals surface area contributed by atoms with E-state index in [2.05, 4.69) is 30.6 Å². The van der Waals surface area contributed by atoms with Crippen LogP contribution in [-0.4, -0.2) is 59.6 Å². The Kier molecular flexibility index (Phi) is 5.60. The highest BCUT2D eigenvalue weighted by Gasteiger charge is 2.27. The molecular weight excluding hydrogens is 228 g/mol.